The number of nitrogens with two attached hydrogens (primary N) is 1. The molecule has 2 nitrogen and oxygen atoms in total. The zero-order valence-electron chi connectivity index (χ0n) is 9.19. The summed E-state index contributed by atoms with van der Waals surface area (Å²) in [5.41, 5.74) is 6.36. The fraction of sp³-hybridized carbons (Fsp3) is 0. The fourth-order valence-electron chi connectivity index (χ4n) is 1.41. The Hall–Kier alpha value is -1.10. The first-order chi connectivity index (χ1) is 8.56. The van der Waals surface area contributed by atoms with Gasteiger partial charge in [0, 0.05) is 9.50 Å². The highest BCUT2D eigenvalue weighted by molar-refractivity contribution is 9.10. The second-order valence-electron chi connectivity index (χ2n) is 3.56. The Labute approximate surface area is 124 Å². The van der Waals surface area contributed by atoms with Crippen molar-refractivity contribution in [2.24, 2.45) is 5.73 Å². The Kier molecular flexibility index (Phi) is 4.22. The standard InChI is InChI=1S/C13H9BrClNOS/c14-8-1-6-12(11(7-8)13(16)18)17-10-4-2-9(15)3-5-10/h1-7H,(H2,16,18). The molecule has 2 aromatic rings. The van der Waals surface area contributed by atoms with Gasteiger partial charge in [-0.1, -0.05) is 39.7 Å². The Bertz CT molecular complexity index is 586. The molecule has 0 atom stereocenters. The summed E-state index contributed by atoms with van der Waals surface area (Å²) in [6, 6.07) is 12.6. The number of halogens is 2. The lowest BCUT2D eigenvalue weighted by molar-refractivity contribution is 0.481. The predicted molar refractivity (Wildman–Crippen MR) is 81.6 cm³/mol. The average molecular weight is 343 g/mol. The molecule has 0 spiro atoms. The molecule has 0 aliphatic heterocycles. The van der Waals surface area contributed by atoms with E-state index in [9.17, 15) is 0 Å². The molecule has 18 heavy (non-hydrogen) atoms. The van der Waals surface area contributed by atoms with E-state index in [1.165, 1.54) is 0 Å². The molecule has 0 fully saturated rings. The highest BCUT2D eigenvalue weighted by Crippen LogP contribution is 2.28. The Morgan fingerprint density at radius 3 is 2.44 bits per heavy atom. The molecule has 0 amide bonds. The smallest absolute Gasteiger partial charge is 0.137 e. The van der Waals surface area contributed by atoms with Crippen molar-refractivity contribution in [2.75, 3.05) is 0 Å². The predicted octanol–water partition coefficient (Wildman–Crippen LogP) is 4.53. The van der Waals surface area contributed by atoms with E-state index in [-0.39, 0.29) is 0 Å². The summed E-state index contributed by atoms with van der Waals surface area (Å²) in [5, 5.41) is 0.660. The van der Waals surface area contributed by atoms with Crippen LogP contribution in [-0.4, -0.2) is 4.99 Å². The lowest BCUT2D eigenvalue weighted by Crippen LogP contribution is -2.10. The van der Waals surface area contributed by atoms with Crippen molar-refractivity contribution in [3.8, 4) is 11.5 Å². The van der Waals surface area contributed by atoms with Crippen LogP contribution in [0, 0.1) is 0 Å². The first-order valence-electron chi connectivity index (χ1n) is 5.09. The van der Waals surface area contributed by atoms with E-state index in [1.807, 2.05) is 18.2 Å². The van der Waals surface area contributed by atoms with E-state index >= 15 is 0 Å². The summed E-state index contributed by atoms with van der Waals surface area (Å²) in [6.07, 6.45) is 0. The number of ether oxygens (including phenoxy) is 1. The maximum atomic E-state index is 5.81. The van der Waals surface area contributed by atoms with Crippen molar-refractivity contribution in [1.82, 2.24) is 0 Å². The van der Waals surface area contributed by atoms with Gasteiger partial charge < -0.3 is 10.5 Å². The van der Waals surface area contributed by atoms with Crippen LogP contribution in [-0.2, 0) is 0 Å². The molecule has 2 N–H and O–H groups in total. The molecule has 5 heteroatoms. The molecular formula is C13H9BrClNOS. The molecule has 0 aliphatic rings. The van der Waals surface area contributed by atoms with Crippen molar-refractivity contribution < 1.29 is 4.74 Å². The van der Waals surface area contributed by atoms with Gasteiger partial charge in [0.25, 0.3) is 0 Å². The molecule has 0 aromatic heterocycles. The molecule has 2 aromatic carbocycles. The number of rotatable bonds is 3. The SMILES string of the molecule is NC(=S)c1cc(Br)ccc1Oc1ccc(Cl)cc1. The lowest BCUT2D eigenvalue weighted by atomic mass is 10.2. The molecular weight excluding hydrogens is 334 g/mol. The molecule has 0 aliphatic carbocycles. The van der Waals surface area contributed by atoms with Crippen LogP contribution in [0.4, 0.5) is 0 Å². The zero-order chi connectivity index (χ0) is 13.1. The van der Waals surface area contributed by atoms with Gasteiger partial charge in [0.15, 0.2) is 0 Å². The fourth-order valence-corrected chi connectivity index (χ4v) is 2.06. The van der Waals surface area contributed by atoms with Crippen LogP contribution in [0.1, 0.15) is 5.56 Å². The summed E-state index contributed by atoms with van der Waals surface area (Å²) in [4.78, 5) is 0.292. The molecule has 92 valence electrons. The third kappa shape index (κ3) is 3.22. The third-order valence-electron chi connectivity index (χ3n) is 2.25. The molecule has 0 bridgehead atoms. The number of hydrogen-bond donors (Lipinski definition) is 1. The second-order valence-corrected chi connectivity index (χ2v) is 5.35. The van der Waals surface area contributed by atoms with Crippen LogP contribution >= 0.6 is 39.7 Å². The lowest BCUT2D eigenvalue weighted by Gasteiger charge is -2.10. The molecule has 0 saturated heterocycles. The van der Waals surface area contributed by atoms with Crippen molar-refractivity contribution in [1.29, 1.82) is 0 Å². The van der Waals surface area contributed by atoms with Gasteiger partial charge in [-0.2, -0.15) is 0 Å². The van der Waals surface area contributed by atoms with Crippen molar-refractivity contribution in [2.45, 2.75) is 0 Å². The van der Waals surface area contributed by atoms with Gasteiger partial charge in [-0.25, -0.2) is 0 Å². The Morgan fingerprint density at radius 2 is 1.83 bits per heavy atom. The van der Waals surface area contributed by atoms with Crippen molar-refractivity contribution in [3.05, 3.63) is 57.5 Å². The molecule has 0 heterocycles. The van der Waals surface area contributed by atoms with Crippen molar-refractivity contribution in [3.63, 3.8) is 0 Å². The molecule has 0 radical (unpaired) electrons. The quantitative estimate of drug-likeness (QED) is 0.832. The number of thiocarbonyl (C=S) groups is 1. The summed E-state index contributed by atoms with van der Waals surface area (Å²) >= 11 is 14.2. The maximum absolute atomic E-state index is 5.81. The summed E-state index contributed by atoms with van der Waals surface area (Å²) in [5.74, 6) is 1.30. The van der Waals surface area contributed by atoms with Gasteiger partial charge in [-0.15, -0.1) is 0 Å². The average Bonchev–Trinajstić information content (AvgIpc) is 2.34. The Morgan fingerprint density at radius 1 is 1.17 bits per heavy atom. The van der Waals surface area contributed by atoms with Crippen LogP contribution < -0.4 is 10.5 Å². The molecule has 0 saturated carbocycles. The molecule has 0 unspecified atom stereocenters. The maximum Gasteiger partial charge on any atom is 0.137 e. The van der Waals surface area contributed by atoms with Crippen LogP contribution in [0.5, 0.6) is 11.5 Å². The number of benzene rings is 2. The topological polar surface area (TPSA) is 35.2 Å². The third-order valence-corrected chi connectivity index (χ3v) is 3.21. The Balaban J connectivity index is 2.34. The summed E-state index contributed by atoms with van der Waals surface area (Å²) in [7, 11) is 0. The first kappa shape index (κ1) is 13.3. The first-order valence-corrected chi connectivity index (χ1v) is 6.67. The molecule has 2 rings (SSSR count). The van der Waals surface area contributed by atoms with Crippen LogP contribution in [0.25, 0.3) is 0 Å². The second kappa shape index (κ2) is 5.69. The normalized spacial score (nSPS) is 10.1. The minimum atomic E-state index is 0.292. The van der Waals surface area contributed by atoms with Gasteiger partial charge in [-0.05, 0) is 42.5 Å². The summed E-state index contributed by atoms with van der Waals surface area (Å²) < 4.78 is 6.63. The van der Waals surface area contributed by atoms with Crippen LogP contribution in [0.2, 0.25) is 5.02 Å². The van der Waals surface area contributed by atoms with Gasteiger partial charge in [0.1, 0.15) is 16.5 Å². The van der Waals surface area contributed by atoms with E-state index in [0.29, 0.717) is 27.1 Å². The van der Waals surface area contributed by atoms with E-state index in [4.69, 9.17) is 34.3 Å². The minimum Gasteiger partial charge on any atom is -0.457 e. The largest absolute Gasteiger partial charge is 0.457 e. The summed E-state index contributed by atoms with van der Waals surface area (Å²) in [6.45, 7) is 0. The van der Waals surface area contributed by atoms with E-state index in [0.717, 1.165) is 4.47 Å². The number of hydrogen-bond acceptors (Lipinski definition) is 2. The van der Waals surface area contributed by atoms with E-state index in [2.05, 4.69) is 15.9 Å². The van der Waals surface area contributed by atoms with Crippen molar-refractivity contribution >= 4 is 44.7 Å². The van der Waals surface area contributed by atoms with Gasteiger partial charge in [0.2, 0.25) is 0 Å². The van der Waals surface area contributed by atoms with Crippen LogP contribution in [0.3, 0.4) is 0 Å². The van der Waals surface area contributed by atoms with E-state index < -0.39 is 0 Å². The van der Waals surface area contributed by atoms with Crippen LogP contribution in [0.15, 0.2) is 46.9 Å². The highest BCUT2D eigenvalue weighted by Gasteiger charge is 2.08. The van der Waals surface area contributed by atoms with Gasteiger partial charge in [-0.3, -0.25) is 0 Å². The minimum absolute atomic E-state index is 0.292. The zero-order valence-corrected chi connectivity index (χ0v) is 12.3. The monoisotopic (exact) mass is 341 g/mol. The van der Waals surface area contributed by atoms with E-state index in [1.54, 1.807) is 24.3 Å². The van der Waals surface area contributed by atoms with Gasteiger partial charge in [0.05, 0.1) is 5.56 Å². The highest BCUT2D eigenvalue weighted by atomic mass is 79.9. The van der Waals surface area contributed by atoms with Gasteiger partial charge >= 0.3 is 0 Å².